The molecule has 1 aliphatic carbocycles. The van der Waals surface area contributed by atoms with Crippen LogP contribution in [0.5, 0.6) is 5.75 Å². The molecule has 144 valence electrons. The summed E-state index contributed by atoms with van der Waals surface area (Å²) in [6.07, 6.45) is 2.12. The van der Waals surface area contributed by atoms with Crippen molar-refractivity contribution in [2.75, 3.05) is 19.7 Å². The van der Waals surface area contributed by atoms with Crippen molar-refractivity contribution < 1.29 is 18.7 Å². The SMILES string of the molecule is CCOC1CC(N)(C(=O)N2CCC(Oc3ccc(F)cc3)CC2)C1(C)C. The van der Waals surface area contributed by atoms with Gasteiger partial charge in [0.05, 0.1) is 6.10 Å². The van der Waals surface area contributed by atoms with Crippen LogP contribution in [0.15, 0.2) is 24.3 Å². The molecule has 1 aromatic carbocycles. The van der Waals surface area contributed by atoms with Crippen LogP contribution >= 0.6 is 0 Å². The molecule has 26 heavy (non-hydrogen) atoms. The number of nitrogens with zero attached hydrogens (tertiary/aromatic N) is 1. The first-order valence-corrected chi connectivity index (χ1v) is 9.40. The zero-order valence-electron chi connectivity index (χ0n) is 15.8. The van der Waals surface area contributed by atoms with Gasteiger partial charge < -0.3 is 20.1 Å². The van der Waals surface area contributed by atoms with Crippen LogP contribution in [0.25, 0.3) is 0 Å². The second-order valence-electron chi connectivity index (χ2n) is 7.90. The molecule has 3 rings (SSSR count). The van der Waals surface area contributed by atoms with Gasteiger partial charge in [-0.15, -0.1) is 0 Å². The number of nitrogens with two attached hydrogens (primary N) is 1. The van der Waals surface area contributed by atoms with E-state index in [2.05, 4.69) is 0 Å². The third-order valence-electron chi connectivity index (χ3n) is 6.06. The number of ether oxygens (including phenoxy) is 2. The third-order valence-corrected chi connectivity index (χ3v) is 6.06. The molecule has 6 heteroatoms. The maximum Gasteiger partial charge on any atom is 0.243 e. The van der Waals surface area contributed by atoms with Gasteiger partial charge in [-0.3, -0.25) is 4.79 Å². The van der Waals surface area contributed by atoms with Gasteiger partial charge in [-0.05, 0) is 31.2 Å². The first kappa shape index (κ1) is 19.1. The van der Waals surface area contributed by atoms with E-state index in [9.17, 15) is 9.18 Å². The van der Waals surface area contributed by atoms with E-state index in [1.807, 2.05) is 25.7 Å². The Balaban J connectivity index is 1.54. The third kappa shape index (κ3) is 3.32. The second kappa shape index (κ2) is 7.16. The van der Waals surface area contributed by atoms with Gasteiger partial charge in [-0.1, -0.05) is 13.8 Å². The number of carbonyl (C=O) groups is 1. The summed E-state index contributed by atoms with van der Waals surface area (Å²) in [6.45, 7) is 7.86. The fraction of sp³-hybridized carbons (Fsp3) is 0.650. The molecule has 2 fully saturated rings. The van der Waals surface area contributed by atoms with Crippen LogP contribution in [-0.2, 0) is 9.53 Å². The summed E-state index contributed by atoms with van der Waals surface area (Å²) in [5, 5.41) is 0. The topological polar surface area (TPSA) is 64.8 Å². The largest absolute Gasteiger partial charge is 0.490 e. The molecule has 0 radical (unpaired) electrons. The maximum atomic E-state index is 13.0. The zero-order valence-corrected chi connectivity index (χ0v) is 15.8. The van der Waals surface area contributed by atoms with Gasteiger partial charge in [0.2, 0.25) is 5.91 Å². The van der Waals surface area contributed by atoms with Crippen LogP contribution < -0.4 is 10.5 Å². The molecule has 2 aliphatic rings. The number of hydrogen-bond donors (Lipinski definition) is 1. The molecule has 1 heterocycles. The Morgan fingerprint density at radius 2 is 1.88 bits per heavy atom. The van der Waals surface area contributed by atoms with Gasteiger partial charge in [0.25, 0.3) is 0 Å². The maximum absolute atomic E-state index is 13.0. The predicted molar refractivity (Wildman–Crippen MR) is 97.4 cm³/mol. The molecule has 2 unspecified atom stereocenters. The number of piperidine rings is 1. The minimum absolute atomic E-state index is 0.0127. The van der Waals surface area contributed by atoms with Crippen molar-refractivity contribution in [1.82, 2.24) is 4.90 Å². The lowest BCUT2D eigenvalue weighted by Gasteiger charge is -2.59. The number of likely N-dealkylation sites (tertiary alicyclic amines) is 1. The molecule has 1 saturated carbocycles. The fourth-order valence-electron chi connectivity index (χ4n) is 3.96. The molecule has 1 saturated heterocycles. The van der Waals surface area contributed by atoms with E-state index >= 15 is 0 Å². The van der Waals surface area contributed by atoms with E-state index in [1.165, 1.54) is 12.1 Å². The lowest BCUT2D eigenvalue weighted by Crippen LogP contribution is -2.76. The van der Waals surface area contributed by atoms with E-state index in [0.29, 0.717) is 31.9 Å². The van der Waals surface area contributed by atoms with E-state index in [4.69, 9.17) is 15.2 Å². The van der Waals surface area contributed by atoms with Crippen LogP contribution in [0.3, 0.4) is 0 Å². The van der Waals surface area contributed by atoms with Crippen LogP contribution in [0, 0.1) is 11.2 Å². The predicted octanol–water partition coefficient (Wildman–Crippen LogP) is 2.73. The Labute approximate surface area is 154 Å². The number of amides is 1. The highest BCUT2D eigenvalue weighted by Gasteiger charge is 2.63. The van der Waals surface area contributed by atoms with Crippen molar-refractivity contribution >= 4 is 5.91 Å². The average molecular weight is 364 g/mol. The highest BCUT2D eigenvalue weighted by Crippen LogP contribution is 2.50. The summed E-state index contributed by atoms with van der Waals surface area (Å²) in [7, 11) is 0. The van der Waals surface area contributed by atoms with E-state index in [-0.39, 0.29) is 29.3 Å². The van der Waals surface area contributed by atoms with Gasteiger partial charge in [0.15, 0.2) is 0 Å². The molecular weight excluding hydrogens is 335 g/mol. The normalized spacial score (nSPS) is 28.5. The van der Waals surface area contributed by atoms with Crippen molar-refractivity contribution in [2.24, 2.45) is 11.1 Å². The Morgan fingerprint density at radius 3 is 2.42 bits per heavy atom. The summed E-state index contributed by atoms with van der Waals surface area (Å²) in [4.78, 5) is 14.9. The highest BCUT2D eigenvalue weighted by molar-refractivity contribution is 5.89. The average Bonchev–Trinajstić information content (AvgIpc) is 2.63. The van der Waals surface area contributed by atoms with E-state index < -0.39 is 5.54 Å². The second-order valence-corrected chi connectivity index (χ2v) is 7.90. The molecule has 0 spiro atoms. The number of hydrogen-bond acceptors (Lipinski definition) is 4. The highest BCUT2D eigenvalue weighted by atomic mass is 19.1. The first-order valence-electron chi connectivity index (χ1n) is 9.40. The smallest absolute Gasteiger partial charge is 0.243 e. The fourth-order valence-corrected chi connectivity index (χ4v) is 3.96. The summed E-state index contributed by atoms with van der Waals surface area (Å²) in [5.41, 5.74) is 5.27. The van der Waals surface area contributed by atoms with Crippen molar-refractivity contribution in [2.45, 2.75) is 57.8 Å². The zero-order chi connectivity index (χ0) is 18.9. The quantitative estimate of drug-likeness (QED) is 0.873. The van der Waals surface area contributed by atoms with Crippen LogP contribution in [0.1, 0.15) is 40.0 Å². The van der Waals surface area contributed by atoms with Gasteiger partial charge in [0.1, 0.15) is 23.2 Å². The molecule has 2 atom stereocenters. The summed E-state index contributed by atoms with van der Waals surface area (Å²) in [5.74, 6) is 0.393. The molecule has 1 amide bonds. The number of benzene rings is 1. The van der Waals surface area contributed by atoms with Gasteiger partial charge in [-0.2, -0.15) is 0 Å². The Kier molecular flexibility index (Phi) is 5.26. The number of carbonyl (C=O) groups excluding carboxylic acids is 1. The summed E-state index contributed by atoms with van der Waals surface area (Å²) in [6, 6.07) is 6.04. The van der Waals surface area contributed by atoms with Gasteiger partial charge in [0, 0.05) is 44.4 Å². The molecular formula is C20H29FN2O3. The minimum atomic E-state index is -0.864. The van der Waals surface area contributed by atoms with Crippen LogP contribution in [-0.4, -0.2) is 48.3 Å². The minimum Gasteiger partial charge on any atom is -0.490 e. The molecule has 0 aromatic heterocycles. The van der Waals surface area contributed by atoms with Crippen LogP contribution in [0.2, 0.25) is 0 Å². The van der Waals surface area contributed by atoms with Gasteiger partial charge >= 0.3 is 0 Å². The summed E-state index contributed by atoms with van der Waals surface area (Å²) >= 11 is 0. The number of halogens is 1. The lowest BCUT2D eigenvalue weighted by molar-refractivity contribution is -0.180. The monoisotopic (exact) mass is 364 g/mol. The Hall–Kier alpha value is -1.66. The Morgan fingerprint density at radius 1 is 1.27 bits per heavy atom. The standard InChI is InChI=1S/C20H29FN2O3/c1-4-25-17-13-20(22,19(17,2)3)18(24)23-11-9-16(10-12-23)26-15-7-5-14(21)6-8-15/h5-8,16-17H,4,9-13,22H2,1-3H3. The molecule has 1 aliphatic heterocycles. The Bertz CT molecular complexity index is 641. The van der Waals surface area contributed by atoms with Gasteiger partial charge in [-0.25, -0.2) is 4.39 Å². The molecule has 0 bridgehead atoms. The molecule has 2 N–H and O–H groups in total. The van der Waals surface area contributed by atoms with Crippen molar-refractivity contribution in [3.05, 3.63) is 30.1 Å². The first-order chi connectivity index (χ1) is 12.3. The van der Waals surface area contributed by atoms with E-state index in [0.717, 1.165) is 12.8 Å². The van der Waals surface area contributed by atoms with Crippen molar-refractivity contribution in [1.29, 1.82) is 0 Å². The number of rotatable bonds is 5. The molecule has 1 aromatic rings. The van der Waals surface area contributed by atoms with Crippen molar-refractivity contribution in [3.8, 4) is 5.75 Å². The van der Waals surface area contributed by atoms with E-state index in [1.54, 1.807) is 12.1 Å². The molecule has 5 nitrogen and oxygen atoms in total. The van der Waals surface area contributed by atoms with Crippen LogP contribution in [0.4, 0.5) is 4.39 Å². The van der Waals surface area contributed by atoms with Crippen molar-refractivity contribution in [3.63, 3.8) is 0 Å². The summed E-state index contributed by atoms with van der Waals surface area (Å²) < 4.78 is 24.6. The lowest BCUT2D eigenvalue weighted by atomic mass is 9.54.